The number of ether oxygens (including phenoxy) is 1. The first-order valence-corrected chi connectivity index (χ1v) is 5.62. The van der Waals surface area contributed by atoms with E-state index in [2.05, 4.69) is 6.58 Å². The molecule has 3 heteroatoms. The summed E-state index contributed by atoms with van der Waals surface area (Å²) < 4.78 is 5.40. The number of carbonyl (C=O) groups is 1. The van der Waals surface area contributed by atoms with E-state index in [1.54, 1.807) is 24.3 Å². The summed E-state index contributed by atoms with van der Waals surface area (Å²) >= 11 is 0. The van der Waals surface area contributed by atoms with Crippen LogP contribution in [0.25, 0.3) is 0 Å². The normalized spacial score (nSPS) is 11.9. The van der Waals surface area contributed by atoms with Crippen LogP contribution in [0.1, 0.15) is 30.1 Å². The molecule has 3 nitrogen and oxygen atoms in total. The highest BCUT2D eigenvalue weighted by Gasteiger charge is 2.05. The zero-order chi connectivity index (χ0) is 12.7. The molecule has 1 N–H and O–H groups in total. The van der Waals surface area contributed by atoms with Crippen LogP contribution in [-0.4, -0.2) is 24.1 Å². The molecule has 0 fully saturated rings. The van der Waals surface area contributed by atoms with Crippen molar-refractivity contribution in [3.05, 3.63) is 42.0 Å². The maximum Gasteiger partial charge on any atom is 0.150 e. The fraction of sp³-hybridized carbons (Fsp3) is 0.357. The molecule has 0 saturated heterocycles. The highest BCUT2D eigenvalue weighted by Crippen LogP contribution is 2.12. The zero-order valence-electron chi connectivity index (χ0n) is 10.1. The summed E-state index contributed by atoms with van der Waals surface area (Å²) in [5.74, 6) is 0.657. The highest BCUT2D eigenvalue weighted by molar-refractivity contribution is 5.74. The molecular weight excluding hydrogens is 216 g/mol. The van der Waals surface area contributed by atoms with Gasteiger partial charge in [-0.1, -0.05) is 5.57 Å². The first-order chi connectivity index (χ1) is 8.11. The largest absolute Gasteiger partial charge is 0.491 e. The molecule has 0 radical (unpaired) electrons. The third-order valence-corrected chi connectivity index (χ3v) is 2.36. The van der Waals surface area contributed by atoms with Crippen LogP contribution in [0.5, 0.6) is 5.75 Å². The van der Waals surface area contributed by atoms with Gasteiger partial charge in [0.2, 0.25) is 0 Å². The molecule has 1 atom stereocenters. The van der Waals surface area contributed by atoms with Crippen molar-refractivity contribution < 1.29 is 14.6 Å². The summed E-state index contributed by atoms with van der Waals surface area (Å²) in [5, 5.41) is 9.64. The summed E-state index contributed by atoms with van der Waals surface area (Å²) in [7, 11) is 0. The third kappa shape index (κ3) is 5.31. The molecule has 0 bridgehead atoms. The third-order valence-electron chi connectivity index (χ3n) is 2.36. The lowest BCUT2D eigenvalue weighted by atomic mass is 10.1. The van der Waals surface area contributed by atoms with Gasteiger partial charge < -0.3 is 9.84 Å². The van der Waals surface area contributed by atoms with Crippen LogP contribution in [0.3, 0.4) is 0 Å². The van der Waals surface area contributed by atoms with Gasteiger partial charge in [0.15, 0.2) is 0 Å². The highest BCUT2D eigenvalue weighted by atomic mass is 16.5. The first kappa shape index (κ1) is 13.5. The summed E-state index contributed by atoms with van der Waals surface area (Å²) in [5.41, 5.74) is 1.67. The zero-order valence-corrected chi connectivity index (χ0v) is 10.1. The Labute approximate surface area is 102 Å². The number of hydrogen-bond donors (Lipinski definition) is 1. The van der Waals surface area contributed by atoms with E-state index >= 15 is 0 Å². The summed E-state index contributed by atoms with van der Waals surface area (Å²) in [6.07, 6.45) is 1.75. The number of aliphatic hydroxyl groups excluding tert-OH is 1. The molecule has 17 heavy (non-hydrogen) atoms. The number of allylic oxidation sites excluding steroid dienone is 1. The lowest BCUT2D eigenvalue weighted by Crippen LogP contribution is -2.17. The Kier molecular flexibility index (Phi) is 5.43. The molecule has 1 aromatic carbocycles. The molecule has 92 valence electrons. The van der Waals surface area contributed by atoms with E-state index in [9.17, 15) is 9.90 Å². The van der Waals surface area contributed by atoms with E-state index < -0.39 is 6.10 Å². The van der Waals surface area contributed by atoms with Gasteiger partial charge >= 0.3 is 0 Å². The van der Waals surface area contributed by atoms with Gasteiger partial charge in [-0.2, -0.15) is 0 Å². The van der Waals surface area contributed by atoms with Gasteiger partial charge in [0.05, 0.1) is 6.10 Å². The minimum absolute atomic E-state index is 0.258. The SMILES string of the molecule is C=C(C)CCC(O)COc1ccc(C=O)cc1. The number of rotatable bonds is 7. The van der Waals surface area contributed by atoms with Crippen LogP contribution in [0.15, 0.2) is 36.4 Å². The number of aliphatic hydroxyl groups is 1. The molecule has 0 heterocycles. The Balaban J connectivity index is 2.33. The number of benzene rings is 1. The van der Waals surface area contributed by atoms with E-state index in [0.29, 0.717) is 17.7 Å². The van der Waals surface area contributed by atoms with Gasteiger partial charge in [0, 0.05) is 5.56 Å². The Morgan fingerprint density at radius 3 is 2.65 bits per heavy atom. The minimum Gasteiger partial charge on any atom is -0.491 e. The second-order valence-electron chi connectivity index (χ2n) is 4.15. The van der Waals surface area contributed by atoms with Crippen molar-refractivity contribution in [3.8, 4) is 5.75 Å². The van der Waals surface area contributed by atoms with Crippen molar-refractivity contribution in [2.75, 3.05) is 6.61 Å². The maximum absolute atomic E-state index is 10.4. The predicted molar refractivity (Wildman–Crippen MR) is 67.4 cm³/mol. The van der Waals surface area contributed by atoms with Gasteiger partial charge in [0.1, 0.15) is 18.6 Å². The van der Waals surface area contributed by atoms with Crippen molar-refractivity contribution >= 4 is 6.29 Å². The quantitative estimate of drug-likeness (QED) is 0.582. The number of carbonyl (C=O) groups excluding carboxylic acids is 1. The Morgan fingerprint density at radius 1 is 1.47 bits per heavy atom. The molecule has 0 saturated carbocycles. The fourth-order valence-corrected chi connectivity index (χ4v) is 1.33. The van der Waals surface area contributed by atoms with Gasteiger partial charge in [-0.15, -0.1) is 6.58 Å². The summed E-state index contributed by atoms with van der Waals surface area (Å²) in [4.78, 5) is 10.4. The molecule has 0 aliphatic heterocycles. The molecule has 1 rings (SSSR count). The first-order valence-electron chi connectivity index (χ1n) is 5.62. The van der Waals surface area contributed by atoms with Gasteiger partial charge in [-0.05, 0) is 44.0 Å². The summed E-state index contributed by atoms with van der Waals surface area (Å²) in [6, 6.07) is 6.80. The topological polar surface area (TPSA) is 46.5 Å². The molecular formula is C14H18O3. The molecule has 1 aromatic rings. The molecule has 1 unspecified atom stereocenters. The van der Waals surface area contributed by atoms with E-state index in [1.165, 1.54) is 0 Å². The standard InChI is InChI=1S/C14H18O3/c1-11(2)3-6-13(16)10-17-14-7-4-12(9-15)5-8-14/h4-5,7-9,13,16H,1,3,6,10H2,2H3. The van der Waals surface area contributed by atoms with Gasteiger partial charge in [-0.25, -0.2) is 0 Å². The van der Waals surface area contributed by atoms with E-state index in [4.69, 9.17) is 4.74 Å². The summed E-state index contributed by atoms with van der Waals surface area (Å²) in [6.45, 7) is 5.97. The van der Waals surface area contributed by atoms with Crippen LogP contribution < -0.4 is 4.74 Å². The smallest absolute Gasteiger partial charge is 0.150 e. The number of hydrogen-bond acceptors (Lipinski definition) is 3. The van der Waals surface area contributed by atoms with E-state index in [0.717, 1.165) is 18.3 Å². The second kappa shape index (κ2) is 6.86. The van der Waals surface area contributed by atoms with Crippen molar-refractivity contribution in [1.29, 1.82) is 0 Å². The van der Waals surface area contributed by atoms with Crippen molar-refractivity contribution in [3.63, 3.8) is 0 Å². The Morgan fingerprint density at radius 2 is 2.12 bits per heavy atom. The lowest BCUT2D eigenvalue weighted by Gasteiger charge is -2.12. The number of aldehydes is 1. The average Bonchev–Trinajstić information content (AvgIpc) is 2.34. The van der Waals surface area contributed by atoms with Gasteiger partial charge in [-0.3, -0.25) is 4.79 Å². The van der Waals surface area contributed by atoms with Crippen LogP contribution in [0.4, 0.5) is 0 Å². The van der Waals surface area contributed by atoms with Crippen LogP contribution in [0.2, 0.25) is 0 Å². The second-order valence-corrected chi connectivity index (χ2v) is 4.15. The molecule has 0 spiro atoms. The van der Waals surface area contributed by atoms with Crippen LogP contribution >= 0.6 is 0 Å². The monoisotopic (exact) mass is 234 g/mol. The van der Waals surface area contributed by atoms with Crippen LogP contribution in [0, 0.1) is 0 Å². The van der Waals surface area contributed by atoms with Crippen molar-refractivity contribution in [1.82, 2.24) is 0 Å². The lowest BCUT2D eigenvalue weighted by molar-refractivity contribution is 0.100. The maximum atomic E-state index is 10.4. The molecule has 0 aromatic heterocycles. The van der Waals surface area contributed by atoms with E-state index in [1.807, 2.05) is 6.92 Å². The predicted octanol–water partition coefficient (Wildman–Crippen LogP) is 2.60. The Bertz CT molecular complexity index is 368. The van der Waals surface area contributed by atoms with Crippen LogP contribution in [-0.2, 0) is 0 Å². The fourth-order valence-electron chi connectivity index (χ4n) is 1.33. The molecule has 0 aliphatic carbocycles. The van der Waals surface area contributed by atoms with Gasteiger partial charge in [0.25, 0.3) is 0 Å². The average molecular weight is 234 g/mol. The minimum atomic E-state index is -0.488. The Hall–Kier alpha value is -1.61. The van der Waals surface area contributed by atoms with Crippen molar-refractivity contribution in [2.24, 2.45) is 0 Å². The van der Waals surface area contributed by atoms with Crippen molar-refractivity contribution in [2.45, 2.75) is 25.9 Å². The molecule has 0 amide bonds. The molecule has 0 aliphatic rings. The van der Waals surface area contributed by atoms with E-state index in [-0.39, 0.29) is 6.61 Å².